The van der Waals surface area contributed by atoms with Crippen molar-refractivity contribution < 1.29 is 16.8 Å². The molecule has 0 fully saturated rings. The van der Waals surface area contributed by atoms with E-state index < -0.39 is 0 Å². The Balaban J connectivity index is -0.00000000900. The Morgan fingerprint density at radius 3 is 0.571 bits per heavy atom. The Kier molecular flexibility index (Phi) is 538. The van der Waals surface area contributed by atoms with Crippen LogP contribution in [0.1, 0.15) is 0 Å². The first kappa shape index (κ1) is 23.8. The molecule has 0 aromatic rings. The molecule has 0 atom stereocenters. The van der Waals surface area contributed by atoms with Gasteiger partial charge >= 0.3 is 16.8 Å². The molecule has 0 nitrogen and oxygen atoms in total. The predicted molar refractivity (Wildman–Crippen MR) is 33.6 cm³/mol. The first-order valence-corrected chi connectivity index (χ1v) is 2.41. The fraction of sp³-hybridized carbons (Fsp3) is 0. The average molecular weight is 207 g/mol. The molecule has 0 amide bonds. The SMILES string of the molecule is [CH2-]Cl.[CH2-]Cl.[CH2-]Cl.[Co+3]. The molecule has 0 heterocycles. The fourth-order valence-corrected chi connectivity index (χ4v) is 0. The summed E-state index contributed by atoms with van der Waals surface area (Å²) in [6.45, 7) is 0. The summed E-state index contributed by atoms with van der Waals surface area (Å²) in [6, 6.07) is 0. The second kappa shape index (κ2) is 158. The van der Waals surface area contributed by atoms with Gasteiger partial charge in [0, 0.05) is 0 Å². The van der Waals surface area contributed by atoms with Crippen LogP contribution in [0.4, 0.5) is 0 Å². The van der Waals surface area contributed by atoms with E-state index >= 15 is 0 Å². The number of rotatable bonds is 0. The van der Waals surface area contributed by atoms with Gasteiger partial charge in [-0.15, -0.1) is 0 Å². The normalized spacial score (nSPS) is 2.57. The Hall–Kier alpha value is 1.38. The van der Waals surface area contributed by atoms with Gasteiger partial charge in [-0.25, -0.2) is 0 Å². The topological polar surface area (TPSA) is 0 Å². The van der Waals surface area contributed by atoms with Crippen LogP contribution in [0.2, 0.25) is 0 Å². The van der Waals surface area contributed by atoms with Crippen LogP contribution in [0.25, 0.3) is 0 Å². The second-order valence-corrected chi connectivity index (χ2v) is 0. The van der Waals surface area contributed by atoms with Crippen LogP contribution in [-0.4, -0.2) is 0 Å². The van der Waals surface area contributed by atoms with Crippen molar-refractivity contribution in [3.8, 4) is 0 Å². The van der Waals surface area contributed by atoms with Crippen LogP contribution in [0, 0.1) is 19.1 Å². The third-order valence-corrected chi connectivity index (χ3v) is 0. The quantitative estimate of drug-likeness (QED) is 0.536. The van der Waals surface area contributed by atoms with Gasteiger partial charge in [0.15, 0.2) is 0 Å². The summed E-state index contributed by atoms with van der Waals surface area (Å²) in [4.78, 5) is 0. The van der Waals surface area contributed by atoms with Crippen LogP contribution < -0.4 is 0 Å². The minimum absolute atomic E-state index is 0. The monoisotopic (exact) mass is 206 g/mol. The molecule has 0 aliphatic carbocycles. The average Bonchev–Trinajstić information content (AvgIpc) is 1.81. The molecule has 7 heavy (non-hydrogen) atoms. The van der Waals surface area contributed by atoms with Crippen LogP contribution >= 0.6 is 34.8 Å². The number of halogens is 3. The van der Waals surface area contributed by atoms with E-state index in [9.17, 15) is 0 Å². The Morgan fingerprint density at radius 2 is 0.571 bits per heavy atom. The summed E-state index contributed by atoms with van der Waals surface area (Å²) in [5.74, 6) is 0. The van der Waals surface area contributed by atoms with E-state index in [0.717, 1.165) is 0 Å². The van der Waals surface area contributed by atoms with Crippen LogP contribution in [0.15, 0.2) is 0 Å². The summed E-state index contributed by atoms with van der Waals surface area (Å²) in [6.07, 6.45) is 8.17. The molecule has 0 aromatic heterocycles. The van der Waals surface area contributed by atoms with E-state index in [2.05, 4.69) is 54.0 Å². The molecule has 0 unspecified atom stereocenters. The summed E-state index contributed by atoms with van der Waals surface area (Å²) in [7, 11) is 0. The van der Waals surface area contributed by atoms with E-state index in [1.54, 1.807) is 0 Å². The van der Waals surface area contributed by atoms with Crippen molar-refractivity contribution in [2.24, 2.45) is 0 Å². The zero-order valence-electron chi connectivity index (χ0n) is 3.59. The van der Waals surface area contributed by atoms with Gasteiger partial charge in [0.1, 0.15) is 0 Å². The molecule has 0 aliphatic heterocycles. The molecule has 0 saturated heterocycles. The minimum Gasteiger partial charge on any atom is -0.352 e. The predicted octanol–water partition coefficient (Wildman–Crippen LogP) is 3.05. The third kappa shape index (κ3) is 113. The zero-order chi connectivity index (χ0) is 6.00. The molecule has 0 radical (unpaired) electrons. The van der Waals surface area contributed by atoms with Gasteiger partial charge < -0.3 is 34.8 Å². The van der Waals surface area contributed by atoms with Gasteiger partial charge in [0.2, 0.25) is 0 Å². The molecule has 4 heteroatoms. The zero-order valence-corrected chi connectivity index (χ0v) is 6.90. The first-order chi connectivity index (χ1) is 3.00. The van der Waals surface area contributed by atoms with E-state index in [-0.39, 0.29) is 16.8 Å². The third-order valence-electron chi connectivity index (χ3n) is 0. The maximum Gasteiger partial charge on any atom is 3.00 e. The summed E-state index contributed by atoms with van der Waals surface area (Å²) in [5.41, 5.74) is 0. The van der Waals surface area contributed by atoms with Crippen LogP contribution in [0.5, 0.6) is 0 Å². The summed E-state index contributed by atoms with van der Waals surface area (Å²) < 4.78 is 0. The Bertz CT molecular complexity index is 10.1. The molecule has 0 aliphatic rings. The van der Waals surface area contributed by atoms with Gasteiger partial charge in [0.05, 0.1) is 0 Å². The maximum atomic E-state index is 4.39. The molecule has 0 aromatic carbocycles. The Morgan fingerprint density at radius 1 is 0.571 bits per heavy atom. The van der Waals surface area contributed by atoms with Gasteiger partial charge in [-0.05, 0) is 0 Å². The van der Waals surface area contributed by atoms with Gasteiger partial charge in [-0.3, -0.25) is 19.1 Å². The van der Waals surface area contributed by atoms with Gasteiger partial charge in [0.25, 0.3) is 0 Å². The van der Waals surface area contributed by atoms with E-state index in [4.69, 9.17) is 0 Å². The molecule has 48 valence electrons. The fourth-order valence-electron chi connectivity index (χ4n) is 0. The molecular weight excluding hydrogens is 201 g/mol. The molecule has 0 bridgehead atoms. The van der Waals surface area contributed by atoms with Crippen molar-refractivity contribution in [3.63, 3.8) is 0 Å². The summed E-state index contributed by atoms with van der Waals surface area (Å²) in [5, 5.41) is 0. The van der Waals surface area contributed by atoms with Gasteiger partial charge in [-0.2, -0.15) is 0 Å². The first-order valence-electron chi connectivity index (χ1n) is 0.802. The van der Waals surface area contributed by atoms with Crippen molar-refractivity contribution in [3.05, 3.63) is 19.1 Å². The van der Waals surface area contributed by atoms with Crippen LogP contribution in [-0.2, 0) is 16.8 Å². The molecular formula is C3H6Cl3Co. The second-order valence-electron chi connectivity index (χ2n) is 0. The van der Waals surface area contributed by atoms with Crippen molar-refractivity contribution in [2.75, 3.05) is 0 Å². The smallest absolute Gasteiger partial charge is 0.352 e. The molecule has 0 spiro atoms. The maximum absolute atomic E-state index is 4.39. The standard InChI is InChI=1S/3CH2Cl.Co/c3*1-2;/h3*1H2;/q3*-1;+3. The Labute approximate surface area is 70.7 Å². The number of hydrogen-bond acceptors (Lipinski definition) is 0. The van der Waals surface area contributed by atoms with E-state index in [0.29, 0.717) is 0 Å². The molecule has 0 saturated carbocycles. The van der Waals surface area contributed by atoms with Crippen molar-refractivity contribution in [1.82, 2.24) is 0 Å². The minimum atomic E-state index is 0. The van der Waals surface area contributed by atoms with Gasteiger partial charge in [-0.1, -0.05) is 0 Å². The van der Waals surface area contributed by atoms with Crippen molar-refractivity contribution in [2.45, 2.75) is 0 Å². The van der Waals surface area contributed by atoms with Crippen molar-refractivity contribution in [1.29, 1.82) is 0 Å². The van der Waals surface area contributed by atoms with E-state index in [1.807, 2.05) is 0 Å². The molecule has 0 rings (SSSR count). The van der Waals surface area contributed by atoms with E-state index in [1.165, 1.54) is 0 Å². The molecule has 0 N–H and O–H groups in total. The van der Waals surface area contributed by atoms with Crippen molar-refractivity contribution >= 4 is 34.8 Å². The van der Waals surface area contributed by atoms with Crippen LogP contribution in [0.3, 0.4) is 0 Å². The summed E-state index contributed by atoms with van der Waals surface area (Å²) >= 11 is 13.2. The number of hydrogen-bond donors (Lipinski definition) is 0. The largest absolute Gasteiger partial charge is 3.00 e.